The van der Waals surface area contributed by atoms with Gasteiger partial charge in [0.1, 0.15) is 11.9 Å². The molecule has 5 nitrogen and oxygen atoms in total. The molecule has 110 valence electrons. The Bertz CT molecular complexity index is 480. The summed E-state index contributed by atoms with van der Waals surface area (Å²) >= 11 is 3.35. The predicted molar refractivity (Wildman–Crippen MR) is 79.4 cm³/mol. The van der Waals surface area contributed by atoms with Crippen LogP contribution in [-0.4, -0.2) is 24.2 Å². The first-order chi connectivity index (χ1) is 9.63. The molecule has 0 aliphatic heterocycles. The van der Waals surface area contributed by atoms with E-state index in [-0.39, 0.29) is 17.9 Å². The maximum atomic E-state index is 10.8. The van der Waals surface area contributed by atoms with E-state index in [0.29, 0.717) is 11.1 Å². The number of ether oxygens (including phenoxy) is 2. The Labute approximate surface area is 126 Å². The highest BCUT2D eigenvalue weighted by atomic mass is 79.9. The third kappa shape index (κ3) is 3.70. The second-order valence-corrected chi connectivity index (χ2v) is 5.51. The van der Waals surface area contributed by atoms with Crippen molar-refractivity contribution in [3.63, 3.8) is 0 Å². The standard InChI is InChI=1S/C14H18BrNO4/c1-19-12-3-2-4-13(8-12)20-14-6-5-11(16(17)18)7-10(14)9-15/h5-7,12-13H,2-4,8-9H2,1H3. The number of nitro benzene ring substituents is 1. The number of hydrogen-bond donors (Lipinski definition) is 0. The fraction of sp³-hybridized carbons (Fsp3) is 0.571. The lowest BCUT2D eigenvalue weighted by Gasteiger charge is -2.29. The average molecular weight is 344 g/mol. The van der Waals surface area contributed by atoms with Gasteiger partial charge in [0.25, 0.3) is 5.69 Å². The summed E-state index contributed by atoms with van der Waals surface area (Å²) in [5.41, 5.74) is 0.893. The minimum atomic E-state index is -0.391. The van der Waals surface area contributed by atoms with Crippen molar-refractivity contribution in [3.05, 3.63) is 33.9 Å². The molecular formula is C14H18BrNO4. The predicted octanol–water partition coefficient (Wildman–Crippen LogP) is 3.83. The summed E-state index contributed by atoms with van der Waals surface area (Å²) in [4.78, 5) is 10.4. The SMILES string of the molecule is COC1CCCC(Oc2ccc([N+](=O)[O-])cc2CBr)C1. The lowest BCUT2D eigenvalue weighted by Crippen LogP contribution is -2.29. The minimum absolute atomic E-state index is 0.0882. The number of hydrogen-bond acceptors (Lipinski definition) is 4. The molecule has 0 saturated heterocycles. The maximum absolute atomic E-state index is 10.8. The molecule has 0 N–H and O–H groups in total. The van der Waals surface area contributed by atoms with Gasteiger partial charge in [-0.15, -0.1) is 0 Å². The van der Waals surface area contributed by atoms with Crippen molar-refractivity contribution in [2.24, 2.45) is 0 Å². The highest BCUT2D eigenvalue weighted by Crippen LogP contribution is 2.30. The van der Waals surface area contributed by atoms with Crippen LogP contribution in [0.25, 0.3) is 0 Å². The Kier molecular flexibility index (Phi) is 5.37. The zero-order valence-electron chi connectivity index (χ0n) is 11.4. The molecule has 1 aromatic rings. The van der Waals surface area contributed by atoms with Gasteiger partial charge < -0.3 is 9.47 Å². The van der Waals surface area contributed by atoms with E-state index in [9.17, 15) is 10.1 Å². The second kappa shape index (κ2) is 7.04. The first-order valence-corrected chi connectivity index (χ1v) is 7.79. The number of methoxy groups -OCH3 is 1. The Morgan fingerprint density at radius 3 is 2.80 bits per heavy atom. The normalized spacial score (nSPS) is 22.5. The van der Waals surface area contributed by atoms with Crippen molar-refractivity contribution in [2.45, 2.75) is 43.2 Å². The molecule has 1 saturated carbocycles. The van der Waals surface area contributed by atoms with E-state index in [2.05, 4.69) is 15.9 Å². The Balaban J connectivity index is 2.10. The van der Waals surface area contributed by atoms with Crippen molar-refractivity contribution in [2.75, 3.05) is 7.11 Å². The summed E-state index contributed by atoms with van der Waals surface area (Å²) in [6.45, 7) is 0. The van der Waals surface area contributed by atoms with Crippen LogP contribution in [0.2, 0.25) is 0 Å². The molecule has 6 heteroatoms. The quantitative estimate of drug-likeness (QED) is 0.463. The largest absolute Gasteiger partial charge is 0.490 e. The van der Waals surface area contributed by atoms with E-state index in [4.69, 9.17) is 9.47 Å². The van der Waals surface area contributed by atoms with Crippen LogP contribution in [0.1, 0.15) is 31.2 Å². The lowest BCUT2D eigenvalue weighted by atomic mass is 9.95. The van der Waals surface area contributed by atoms with E-state index in [0.717, 1.165) is 31.2 Å². The van der Waals surface area contributed by atoms with Crippen molar-refractivity contribution in [1.29, 1.82) is 0 Å². The smallest absolute Gasteiger partial charge is 0.270 e. The molecule has 1 aliphatic rings. The van der Waals surface area contributed by atoms with Crippen LogP contribution < -0.4 is 4.74 Å². The molecule has 0 bridgehead atoms. The van der Waals surface area contributed by atoms with Gasteiger partial charge in [0.15, 0.2) is 0 Å². The first-order valence-electron chi connectivity index (χ1n) is 6.66. The topological polar surface area (TPSA) is 61.6 Å². The Morgan fingerprint density at radius 2 is 2.15 bits per heavy atom. The van der Waals surface area contributed by atoms with E-state index in [1.165, 1.54) is 6.07 Å². The number of nitro groups is 1. The molecule has 1 fully saturated rings. The van der Waals surface area contributed by atoms with Gasteiger partial charge in [-0.05, 0) is 25.3 Å². The average Bonchev–Trinajstić information content (AvgIpc) is 2.47. The maximum Gasteiger partial charge on any atom is 0.270 e. The molecule has 0 radical (unpaired) electrons. The summed E-state index contributed by atoms with van der Waals surface area (Å²) in [5.74, 6) is 0.717. The zero-order valence-corrected chi connectivity index (χ0v) is 13.0. The van der Waals surface area contributed by atoms with Crippen molar-refractivity contribution < 1.29 is 14.4 Å². The molecule has 0 heterocycles. The molecular weight excluding hydrogens is 326 g/mol. The summed E-state index contributed by atoms with van der Waals surface area (Å²) in [7, 11) is 1.73. The number of halogens is 1. The molecule has 2 unspecified atom stereocenters. The highest BCUT2D eigenvalue weighted by molar-refractivity contribution is 9.08. The molecule has 2 rings (SSSR count). The summed E-state index contributed by atoms with van der Waals surface area (Å²) in [6, 6.07) is 4.73. The van der Waals surface area contributed by atoms with E-state index in [1.807, 2.05) is 0 Å². The van der Waals surface area contributed by atoms with Gasteiger partial charge in [-0.1, -0.05) is 15.9 Å². The van der Waals surface area contributed by atoms with Gasteiger partial charge in [0.2, 0.25) is 0 Å². The van der Waals surface area contributed by atoms with Gasteiger partial charge in [-0.25, -0.2) is 0 Å². The minimum Gasteiger partial charge on any atom is -0.490 e. The van der Waals surface area contributed by atoms with Gasteiger partial charge in [0, 0.05) is 36.6 Å². The molecule has 0 aromatic heterocycles. The van der Waals surface area contributed by atoms with Crippen LogP contribution in [0.5, 0.6) is 5.75 Å². The zero-order chi connectivity index (χ0) is 14.5. The number of non-ortho nitro benzene ring substituents is 1. The van der Waals surface area contributed by atoms with Crippen LogP contribution in [0.3, 0.4) is 0 Å². The molecule has 1 aromatic carbocycles. The van der Waals surface area contributed by atoms with Crippen molar-refractivity contribution in [1.82, 2.24) is 0 Å². The molecule has 20 heavy (non-hydrogen) atoms. The van der Waals surface area contributed by atoms with Crippen LogP contribution in [0, 0.1) is 10.1 Å². The Hall–Kier alpha value is -1.14. The van der Waals surface area contributed by atoms with Crippen molar-refractivity contribution >= 4 is 21.6 Å². The van der Waals surface area contributed by atoms with E-state index < -0.39 is 4.92 Å². The van der Waals surface area contributed by atoms with Gasteiger partial charge in [0.05, 0.1) is 11.0 Å². The third-order valence-electron chi connectivity index (χ3n) is 3.60. The van der Waals surface area contributed by atoms with Crippen molar-refractivity contribution in [3.8, 4) is 5.75 Å². The third-order valence-corrected chi connectivity index (χ3v) is 4.21. The number of alkyl halides is 1. The molecule has 0 amide bonds. The van der Waals surface area contributed by atoms with E-state index >= 15 is 0 Å². The number of rotatable bonds is 5. The summed E-state index contributed by atoms with van der Waals surface area (Å²) < 4.78 is 11.4. The fourth-order valence-electron chi connectivity index (χ4n) is 2.50. The monoisotopic (exact) mass is 343 g/mol. The molecule has 1 aliphatic carbocycles. The summed E-state index contributed by atoms with van der Waals surface area (Å²) in [6.07, 6.45) is 4.39. The van der Waals surface area contributed by atoms with Crippen LogP contribution in [-0.2, 0) is 10.1 Å². The first kappa shape index (κ1) is 15.3. The lowest BCUT2D eigenvalue weighted by molar-refractivity contribution is -0.384. The van der Waals surface area contributed by atoms with Gasteiger partial charge in [-0.2, -0.15) is 0 Å². The molecule has 2 atom stereocenters. The number of nitrogens with zero attached hydrogens (tertiary/aromatic N) is 1. The van der Waals surface area contributed by atoms with Crippen LogP contribution >= 0.6 is 15.9 Å². The van der Waals surface area contributed by atoms with E-state index in [1.54, 1.807) is 19.2 Å². The summed E-state index contributed by atoms with van der Waals surface area (Å²) in [5, 5.41) is 11.3. The Morgan fingerprint density at radius 1 is 1.40 bits per heavy atom. The highest BCUT2D eigenvalue weighted by Gasteiger charge is 2.24. The molecule has 0 spiro atoms. The van der Waals surface area contributed by atoms with Gasteiger partial charge >= 0.3 is 0 Å². The number of benzene rings is 1. The van der Waals surface area contributed by atoms with Crippen LogP contribution in [0.4, 0.5) is 5.69 Å². The van der Waals surface area contributed by atoms with Crippen LogP contribution in [0.15, 0.2) is 18.2 Å². The van der Waals surface area contributed by atoms with Gasteiger partial charge in [-0.3, -0.25) is 10.1 Å². The fourth-order valence-corrected chi connectivity index (χ4v) is 2.94. The second-order valence-electron chi connectivity index (χ2n) is 4.95.